The van der Waals surface area contributed by atoms with Crippen LogP contribution in [0.4, 0.5) is 0 Å². The van der Waals surface area contributed by atoms with Crippen molar-refractivity contribution in [3.63, 3.8) is 0 Å². The topological polar surface area (TPSA) is 47.6 Å². The molecule has 2 aromatic carbocycles. The van der Waals surface area contributed by atoms with Gasteiger partial charge < -0.3 is 14.8 Å². The van der Waals surface area contributed by atoms with E-state index in [2.05, 4.69) is 5.32 Å². The first-order valence-corrected chi connectivity index (χ1v) is 7.42. The Labute approximate surface area is 130 Å². The summed E-state index contributed by atoms with van der Waals surface area (Å²) >= 11 is 0. The van der Waals surface area contributed by atoms with E-state index in [1.54, 1.807) is 0 Å². The lowest BCUT2D eigenvalue weighted by molar-refractivity contribution is -0.136. The molecule has 4 heteroatoms. The minimum absolute atomic E-state index is 0.103. The van der Waals surface area contributed by atoms with Crippen molar-refractivity contribution >= 4 is 5.91 Å². The van der Waals surface area contributed by atoms with Crippen LogP contribution >= 0.6 is 0 Å². The summed E-state index contributed by atoms with van der Waals surface area (Å²) in [4.78, 5) is 11.9. The molecule has 114 valence electrons. The van der Waals surface area contributed by atoms with E-state index in [-0.39, 0.29) is 12.0 Å². The maximum absolute atomic E-state index is 11.9. The van der Waals surface area contributed by atoms with E-state index in [9.17, 15) is 4.79 Å². The zero-order valence-electron chi connectivity index (χ0n) is 12.3. The molecule has 2 aromatic rings. The SMILES string of the molecule is O=C1NC[C@H](OCc2ccccc2)[C@H]1OCc1ccccc1. The molecule has 1 N–H and O–H groups in total. The van der Waals surface area contributed by atoms with E-state index in [1.807, 2.05) is 60.7 Å². The normalized spacial score (nSPS) is 20.8. The molecular formula is C18H19NO3. The fourth-order valence-electron chi connectivity index (χ4n) is 2.44. The lowest BCUT2D eigenvalue weighted by atomic mass is 10.2. The molecule has 1 aliphatic heterocycles. The van der Waals surface area contributed by atoms with Gasteiger partial charge in [-0.15, -0.1) is 0 Å². The summed E-state index contributed by atoms with van der Waals surface area (Å²) in [5.74, 6) is -0.103. The number of ether oxygens (including phenoxy) is 2. The highest BCUT2D eigenvalue weighted by molar-refractivity contribution is 5.83. The van der Waals surface area contributed by atoms with E-state index in [0.29, 0.717) is 19.8 Å². The molecule has 1 fully saturated rings. The number of amides is 1. The largest absolute Gasteiger partial charge is 0.368 e. The van der Waals surface area contributed by atoms with Gasteiger partial charge in [-0.25, -0.2) is 0 Å². The third kappa shape index (κ3) is 3.72. The van der Waals surface area contributed by atoms with Crippen molar-refractivity contribution in [3.8, 4) is 0 Å². The molecule has 0 aromatic heterocycles. The maximum Gasteiger partial charge on any atom is 0.252 e. The molecule has 4 nitrogen and oxygen atoms in total. The van der Waals surface area contributed by atoms with Crippen LogP contribution in [0.3, 0.4) is 0 Å². The number of nitrogens with one attached hydrogen (secondary N) is 1. The average molecular weight is 297 g/mol. The number of hydrogen-bond donors (Lipinski definition) is 1. The number of carbonyl (C=O) groups is 1. The van der Waals surface area contributed by atoms with Gasteiger partial charge in [0, 0.05) is 6.54 Å². The van der Waals surface area contributed by atoms with Crippen molar-refractivity contribution in [2.45, 2.75) is 25.4 Å². The van der Waals surface area contributed by atoms with Crippen LogP contribution in [0.25, 0.3) is 0 Å². The molecule has 1 aliphatic rings. The van der Waals surface area contributed by atoms with E-state index in [0.717, 1.165) is 11.1 Å². The monoisotopic (exact) mass is 297 g/mol. The predicted octanol–water partition coefficient (Wildman–Crippen LogP) is 2.29. The third-order valence-electron chi connectivity index (χ3n) is 3.65. The zero-order valence-corrected chi connectivity index (χ0v) is 12.3. The molecule has 2 atom stereocenters. The van der Waals surface area contributed by atoms with Crippen LogP contribution in [0.2, 0.25) is 0 Å². The van der Waals surface area contributed by atoms with Gasteiger partial charge in [0.15, 0.2) is 6.10 Å². The van der Waals surface area contributed by atoms with Crippen molar-refractivity contribution < 1.29 is 14.3 Å². The average Bonchev–Trinajstić information content (AvgIpc) is 2.93. The number of hydrogen-bond acceptors (Lipinski definition) is 3. The van der Waals surface area contributed by atoms with Crippen LogP contribution in [0.1, 0.15) is 11.1 Å². The molecule has 1 heterocycles. The minimum atomic E-state index is -0.552. The minimum Gasteiger partial charge on any atom is -0.368 e. The Hall–Kier alpha value is -2.17. The quantitative estimate of drug-likeness (QED) is 0.890. The second-order valence-electron chi connectivity index (χ2n) is 5.30. The summed E-state index contributed by atoms with van der Waals surface area (Å²) in [6.45, 7) is 1.38. The lowest BCUT2D eigenvalue weighted by Crippen LogP contribution is -2.33. The van der Waals surface area contributed by atoms with Crippen LogP contribution in [-0.4, -0.2) is 24.7 Å². The Balaban J connectivity index is 1.55. The first-order chi connectivity index (χ1) is 10.8. The summed E-state index contributed by atoms with van der Waals surface area (Å²) in [6, 6.07) is 19.7. The first kappa shape index (κ1) is 14.8. The summed E-state index contributed by atoms with van der Waals surface area (Å²) in [7, 11) is 0. The van der Waals surface area contributed by atoms with Gasteiger partial charge in [0.05, 0.1) is 13.2 Å². The van der Waals surface area contributed by atoms with Crippen molar-refractivity contribution in [2.24, 2.45) is 0 Å². The van der Waals surface area contributed by atoms with Gasteiger partial charge in [-0.2, -0.15) is 0 Å². The number of rotatable bonds is 6. The maximum atomic E-state index is 11.9. The third-order valence-corrected chi connectivity index (χ3v) is 3.65. The number of benzene rings is 2. The molecule has 22 heavy (non-hydrogen) atoms. The molecule has 0 bridgehead atoms. The van der Waals surface area contributed by atoms with Gasteiger partial charge in [-0.1, -0.05) is 60.7 Å². The van der Waals surface area contributed by atoms with Gasteiger partial charge in [0.1, 0.15) is 6.10 Å². The molecule has 0 saturated carbocycles. The van der Waals surface area contributed by atoms with Gasteiger partial charge >= 0.3 is 0 Å². The van der Waals surface area contributed by atoms with E-state index in [4.69, 9.17) is 9.47 Å². The molecule has 0 aliphatic carbocycles. The van der Waals surface area contributed by atoms with Crippen LogP contribution < -0.4 is 5.32 Å². The summed E-state index contributed by atoms with van der Waals surface area (Å²) in [6.07, 6.45) is -0.805. The molecule has 0 radical (unpaired) electrons. The second kappa shape index (κ2) is 7.20. The highest BCUT2D eigenvalue weighted by Gasteiger charge is 2.36. The van der Waals surface area contributed by atoms with Crippen LogP contribution in [0.5, 0.6) is 0 Å². The Morgan fingerprint density at radius 1 is 0.864 bits per heavy atom. The van der Waals surface area contributed by atoms with E-state index < -0.39 is 6.10 Å². The van der Waals surface area contributed by atoms with E-state index in [1.165, 1.54) is 0 Å². The molecule has 0 spiro atoms. The Morgan fingerprint density at radius 3 is 2.00 bits per heavy atom. The van der Waals surface area contributed by atoms with Crippen LogP contribution in [0.15, 0.2) is 60.7 Å². The first-order valence-electron chi connectivity index (χ1n) is 7.42. The molecule has 3 rings (SSSR count). The van der Waals surface area contributed by atoms with Crippen LogP contribution in [0, 0.1) is 0 Å². The van der Waals surface area contributed by atoms with Gasteiger partial charge in [0.25, 0.3) is 5.91 Å². The van der Waals surface area contributed by atoms with Crippen LogP contribution in [-0.2, 0) is 27.5 Å². The highest BCUT2D eigenvalue weighted by atomic mass is 16.5. The predicted molar refractivity (Wildman–Crippen MR) is 83.0 cm³/mol. The van der Waals surface area contributed by atoms with E-state index >= 15 is 0 Å². The summed E-state index contributed by atoms with van der Waals surface area (Å²) in [5, 5.41) is 2.80. The standard InChI is InChI=1S/C18H19NO3/c20-18-17(22-13-15-9-5-2-6-10-15)16(11-19-18)21-12-14-7-3-1-4-8-14/h1-10,16-17H,11-13H2,(H,19,20)/t16-,17+/m0/s1. The Bertz CT molecular complexity index is 600. The highest BCUT2D eigenvalue weighted by Crippen LogP contribution is 2.15. The fourth-order valence-corrected chi connectivity index (χ4v) is 2.44. The number of carbonyl (C=O) groups excluding carboxylic acids is 1. The fraction of sp³-hybridized carbons (Fsp3) is 0.278. The smallest absolute Gasteiger partial charge is 0.252 e. The molecule has 0 unspecified atom stereocenters. The zero-order chi connectivity index (χ0) is 15.2. The Morgan fingerprint density at radius 2 is 1.41 bits per heavy atom. The van der Waals surface area contributed by atoms with Gasteiger partial charge in [-0.3, -0.25) is 4.79 Å². The second-order valence-corrected chi connectivity index (χ2v) is 5.30. The van der Waals surface area contributed by atoms with Gasteiger partial charge in [-0.05, 0) is 11.1 Å². The molecule has 1 amide bonds. The van der Waals surface area contributed by atoms with Crippen molar-refractivity contribution in [3.05, 3.63) is 71.8 Å². The Kier molecular flexibility index (Phi) is 4.83. The molecule has 1 saturated heterocycles. The summed E-state index contributed by atoms with van der Waals surface area (Å²) in [5.41, 5.74) is 2.13. The van der Waals surface area contributed by atoms with Crippen molar-refractivity contribution in [2.75, 3.05) is 6.54 Å². The van der Waals surface area contributed by atoms with Gasteiger partial charge in [0.2, 0.25) is 0 Å². The lowest BCUT2D eigenvalue weighted by Gasteiger charge is -2.18. The van der Waals surface area contributed by atoms with Crippen molar-refractivity contribution in [1.82, 2.24) is 5.32 Å². The molecular weight excluding hydrogens is 278 g/mol. The summed E-state index contributed by atoms with van der Waals surface area (Å²) < 4.78 is 11.6. The van der Waals surface area contributed by atoms with Crippen molar-refractivity contribution in [1.29, 1.82) is 0 Å².